The van der Waals surface area contributed by atoms with Gasteiger partial charge in [0.25, 0.3) is 5.91 Å². The van der Waals surface area contributed by atoms with Crippen LogP contribution in [0.4, 0.5) is 5.13 Å². The van der Waals surface area contributed by atoms with Crippen molar-refractivity contribution in [3.63, 3.8) is 0 Å². The molecule has 3 aromatic carbocycles. The van der Waals surface area contributed by atoms with Crippen molar-refractivity contribution < 1.29 is 9.53 Å². The van der Waals surface area contributed by atoms with E-state index < -0.39 is 0 Å². The third kappa shape index (κ3) is 4.68. The van der Waals surface area contributed by atoms with Crippen LogP contribution in [0.3, 0.4) is 0 Å². The molecule has 0 aliphatic rings. The Hall–Kier alpha value is -3.03. The number of anilines is 1. The number of halogens is 1. The highest BCUT2D eigenvalue weighted by Gasteiger charge is 2.22. The SMILES string of the molecule is COc1ccc2nc(N(/N=C/c3ccc(Br)cc3)C(=O)c3ccc(C)cc3C)sc2c1. The number of carbonyl (C=O) groups is 1. The van der Waals surface area contributed by atoms with Gasteiger partial charge in [0.2, 0.25) is 5.13 Å². The molecular weight excluding hydrogens is 474 g/mol. The van der Waals surface area contributed by atoms with E-state index in [9.17, 15) is 4.79 Å². The predicted octanol–water partition coefficient (Wildman–Crippen LogP) is 6.37. The first kappa shape index (κ1) is 21.2. The summed E-state index contributed by atoms with van der Waals surface area (Å²) in [6.07, 6.45) is 1.67. The third-order valence-electron chi connectivity index (χ3n) is 4.76. The Labute approximate surface area is 193 Å². The van der Waals surface area contributed by atoms with Crippen molar-refractivity contribution in [3.8, 4) is 5.75 Å². The van der Waals surface area contributed by atoms with Gasteiger partial charge < -0.3 is 4.74 Å². The number of amides is 1. The Morgan fingerprint density at radius 1 is 1.10 bits per heavy atom. The van der Waals surface area contributed by atoms with Gasteiger partial charge in [-0.1, -0.05) is 57.1 Å². The zero-order valence-electron chi connectivity index (χ0n) is 17.3. The van der Waals surface area contributed by atoms with Gasteiger partial charge >= 0.3 is 0 Å². The second-order valence-electron chi connectivity index (χ2n) is 7.06. The third-order valence-corrected chi connectivity index (χ3v) is 6.28. The normalized spacial score (nSPS) is 11.2. The number of nitrogens with zero attached hydrogens (tertiary/aromatic N) is 3. The predicted molar refractivity (Wildman–Crippen MR) is 131 cm³/mol. The lowest BCUT2D eigenvalue weighted by molar-refractivity contribution is 0.0987. The molecule has 31 heavy (non-hydrogen) atoms. The number of hydrogen-bond acceptors (Lipinski definition) is 5. The number of hydrogen-bond donors (Lipinski definition) is 0. The van der Waals surface area contributed by atoms with Crippen LogP contribution in [0.15, 0.2) is 70.2 Å². The number of aryl methyl sites for hydroxylation is 2. The van der Waals surface area contributed by atoms with Gasteiger partial charge in [-0.15, -0.1) is 0 Å². The summed E-state index contributed by atoms with van der Waals surface area (Å²) in [7, 11) is 1.63. The molecule has 1 aromatic heterocycles. The van der Waals surface area contributed by atoms with E-state index in [1.807, 2.05) is 74.5 Å². The summed E-state index contributed by atoms with van der Waals surface area (Å²) in [5, 5.41) is 6.41. The van der Waals surface area contributed by atoms with Crippen LogP contribution in [0.1, 0.15) is 27.0 Å². The number of carbonyl (C=O) groups excluding carboxylic acids is 1. The highest BCUT2D eigenvalue weighted by Crippen LogP contribution is 2.32. The fourth-order valence-corrected chi connectivity index (χ4v) is 4.35. The van der Waals surface area contributed by atoms with E-state index in [1.165, 1.54) is 16.3 Å². The highest BCUT2D eigenvalue weighted by atomic mass is 79.9. The summed E-state index contributed by atoms with van der Waals surface area (Å²) >= 11 is 4.83. The first-order chi connectivity index (χ1) is 14.9. The van der Waals surface area contributed by atoms with Crippen molar-refractivity contribution in [1.82, 2.24) is 4.98 Å². The number of thiazole rings is 1. The molecule has 156 valence electrons. The summed E-state index contributed by atoms with van der Waals surface area (Å²) in [5.74, 6) is 0.519. The van der Waals surface area contributed by atoms with Crippen LogP contribution in [0, 0.1) is 13.8 Å². The lowest BCUT2D eigenvalue weighted by Gasteiger charge is -2.15. The van der Waals surface area contributed by atoms with Crippen LogP contribution in [0.2, 0.25) is 0 Å². The summed E-state index contributed by atoms with van der Waals surface area (Å²) in [4.78, 5) is 18.2. The highest BCUT2D eigenvalue weighted by molar-refractivity contribution is 9.10. The molecule has 0 fully saturated rings. The molecule has 1 amide bonds. The Morgan fingerprint density at radius 2 is 1.87 bits per heavy atom. The van der Waals surface area contributed by atoms with Crippen LogP contribution < -0.4 is 9.75 Å². The maximum absolute atomic E-state index is 13.5. The molecule has 5 nitrogen and oxygen atoms in total. The summed E-state index contributed by atoms with van der Waals surface area (Å²) < 4.78 is 7.22. The Bertz CT molecular complexity index is 1280. The van der Waals surface area contributed by atoms with E-state index in [1.54, 1.807) is 13.3 Å². The summed E-state index contributed by atoms with van der Waals surface area (Å²) in [5.41, 5.74) is 4.26. The Balaban J connectivity index is 1.78. The zero-order valence-corrected chi connectivity index (χ0v) is 19.7. The maximum atomic E-state index is 13.5. The average Bonchev–Trinajstić information content (AvgIpc) is 3.17. The molecule has 0 unspecified atom stereocenters. The standard InChI is InChI=1S/C24H20BrN3O2S/c1-15-4-10-20(16(2)12-15)23(29)28(26-14-17-5-7-18(25)8-6-17)24-27-21-11-9-19(30-3)13-22(21)31-24/h4-14H,1-3H3/b26-14+. The summed E-state index contributed by atoms with van der Waals surface area (Å²) in [6, 6.07) is 19.1. The molecule has 0 saturated heterocycles. The summed E-state index contributed by atoms with van der Waals surface area (Å²) in [6.45, 7) is 3.94. The minimum absolute atomic E-state index is 0.225. The van der Waals surface area contributed by atoms with E-state index >= 15 is 0 Å². The Kier molecular flexibility index (Phi) is 6.15. The van der Waals surface area contributed by atoms with Gasteiger partial charge in [0, 0.05) is 10.0 Å². The molecule has 0 bridgehead atoms. The van der Waals surface area contributed by atoms with Crippen LogP contribution in [0.5, 0.6) is 5.75 Å². The van der Waals surface area contributed by atoms with Gasteiger partial charge in [0.15, 0.2) is 0 Å². The number of ether oxygens (including phenoxy) is 1. The van der Waals surface area contributed by atoms with Crippen LogP contribution in [-0.2, 0) is 0 Å². The minimum Gasteiger partial charge on any atom is -0.497 e. The number of methoxy groups -OCH3 is 1. The minimum atomic E-state index is -0.225. The molecule has 7 heteroatoms. The second kappa shape index (κ2) is 8.99. The first-order valence-corrected chi connectivity index (χ1v) is 11.2. The fraction of sp³-hybridized carbons (Fsp3) is 0.125. The first-order valence-electron chi connectivity index (χ1n) is 9.60. The van der Waals surface area contributed by atoms with Crippen molar-refractivity contribution in [3.05, 3.63) is 87.4 Å². The van der Waals surface area contributed by atoms with E-state index in [2.05, 4.69) is 26.0 Å². The number of aromatic nitrogens is 1. The molecule has 0 spiro atoms. The quantitative estimate of drug-likeness (QED) is 0.240. The molecular formula is C24H20BrN3O2S. The van der Waals surface area contributed by atoms with Crippen LogP contribution in [-0.4, -0.2) is 24.2 Å². The number of fused-ring (bicyclic) bond motifs is 1. The monoisotopic (exact) mass is 493 g/mol. The fourth-order valence-electron chi connectivity index (χ4n) is 3.14. The van der Waals surface area contributed by atoms with Gasteiger partial charge in [-0.3, -0.25) is 4.79 Å². The van der Waals surface area contributed by atoms with Gasteiger partial charge in [-0.25, -0.2) is 4.98 Å². The molecule has 1 heterocycles. The van der Waals surface area contributed by atoms with E-state index in [0.29, 0.717) is 10.7 Å². The van der Waals surface area contributed by atoms with E-state index in [-0.39, 0.29) is 5.91 Å². The van der Waals surface area contributed by atoms with Gasteiger partial charge in [0.1, 0.15) is 5.75 Å². The lowest BCUT2D eigenvalue weighted by atomic mass is 10.1. The smallest absolute Gasteiger partial charge is 0.281 e. The van der Waals surface area contributed by atoms with Crippen molar-refractivity contribution in [1.29, 1.82) is 0 Å². The maximum Gasteiger partial charge on any atom is 0.281 e. The van der Waals surface area contributed by atoms with E-state index in [4.69, 9.17) is 4.74 Å². The van der Waals surface area contributed by atoms with Crippen molar-refractivity contribution >= 4 is 54.7 Å². The largest absolute Gasteiger partial charge is 0.497 e. The van der Waals surface area contributed by atoms with Gasteiger partial charge in [-0.05, 0) is 61.4 Å². The topological polar surface area (TPSA) is 54.8 Å². The molecule has 0 N–H and O–H groups in total. The molecule has 0 aliphatic heterocycles. The number of benzene rings is 3. The molecule has 0 atom stereocenters. The average molecular weight is 494 g/mol. The Morgan fingerprint density at radius 3 is 2.58 bits per heavy atom. The second-order valence-corrected chi connectivity index (χ2v) is 8.99. The van der Waals surface area contributed by atoms with Crippen molar-refractivity contribution in [2.45, 2.75) is 13.8 Å². The zero-order chi connectivity index (χ0) is 22.0. The van der Waals surface area contributed by atoms with Crippen LogP contribution in [0.25, 0.3) is 10.2 Å². The molecule has 0 saturated carbocycles. The number of hydrazone groups is 1. The van der Waals surface area contributed by atoms with Crippen molar-refractivity contribution in [2.24, 2.45) is 5.10 Å². The lowest BCUT2D eigenvalue weighted by Crippen LogP contribution is -2.26. The molecule has 0 radical (unpaired) electrons. The van der Waals surface area contributed by atoms with Crippen molar-refractivity contribution in [2.75, 3.05) is 12.1 Å². The van der Waals surface area contributed by atoms with Gasteiger partial charge in [-0.2, -0.15) is 10.1 Å². The van der Waals surface area contributed by atoms with Gasteiger partial charge in [0.05, 0.1) is 23.5 Å². The number of rotatable bonds is 5. The van der Waals surface area contributed by atoms with E-state index in [0.717, 1.165) is 37.1 Å². The van der Waals surface area contributed by atoms with Crippen LogP contribution >= 0.6 is 27.3 Å². The molecule has 0 aliphatic carbocycles. The molecule has 4 aromatic rings. The molecule has 4 rings (SSSR count).